The molecule has 1 aromatic heterocycles. The zero-order valence-corrected chi connectivity index (χ0v) is 19.8. The first-order valence-electron chi connectivity index (χ1n) is 11.3. The smallest absolute Gasteiger partial charge is 0.309 e. The van der Waals surface area contributed by atoms with Crippen LogP contribution < -0.4 is 0 Å². The van der Waals surface area contributed by atoms with Crippen molar-refractivity contribution in [2.24, 2.45) is 5.92 Å². The third kappa shape index (κ3) is 8.94. The number of ether oxygens (including phenoxy) is 2. The molecule has 0 spiro atoms. The van der Waals surface area contributed by atoms with E-state index in [9.17, 15) is 19.8 Å². The van der Waals surface area contributed by atoms with E-state index in [1.807, 2.05) is 44.2 Å². The Bertz CT molecular complexity index is 874. The molecule has 1 aromatic rings. The molecule has 1 aliphatic heterocycles. The number of pyridine rings is 1. The van der Waals surface area contributed by atoms with Crippen LogP contribution in [0.15, 0.2) is 60.5 Å². The molecule has 7 nitrogen and oxygen atoms in total. The van der Waals surface area contributed by atoms with Gasteiger partial charge in [0.05, 0.1) is 12.5 Å². The van der Waals surface area contributed by atoms with Crippen molar-refractivity contribution in [2.45, 2.75) is 77.3 Å². The summed E-state index contributed by atoms with van der Waals surface area (Å²) < 4.78 is 11.1. The van der Waals surface area contributed by atoms with Crippen LogP contribution in [0.2, 0.25) is 0 Å². The average Bonchev–Trinajstić information content (AvgIpc) is 2.76. The Morgan fingerprint density at radius 2 is 2.00 bits per heavy atom. The van der Waals surface area contributed by atoms with Crippen LogP contribution in [0.25, 0.3) is 0 Å². The van der Waals surface area contributed by atoms with Gasteiger partial charge in [0.15, 0.2) is 0 Å². The van der Waals surface area contributed by atoms with Gasteiger partial charge >= 0.3 is 11.9 Å². The van der Waals surface area contributed by atoms with Crippen LogP contribution in [0.1, 0.15) is 52.5 Å². The second-order valence-corrected chi connectivity index (χ2v) is 8.84. The number of hydrogen-bond acceptors (Lipinski definition) is 7. The Kier molecular flexibility index (Phi) is 10.0. The van der Waals surface area contributed by atoms with Gasteiger partial charge in [0.25, 0.3) is 0 Å². The summed E-state index contributed by atoms with van der Waals surface area (Å²) in [6, 6.07) is 3.89. The van der Waals surface area contributed by atoms with Crippen molar-refractivity contribution >= 4 is 11.9 Å². The highest BCUT2D eigenvalue weighted by Gasteiger charge is 2.34. The lowest BCUT2D eigenvalue weighted by molar-refractivity contribution is -0.157. The standard InChI is InChI=1S/C26H35NO6/c1-18(7-5-6-8-21-12-15-27-16-13-21)25-19(2)9-10-23(32-20(3)28)26(4,31)14-11-22(29)17-24(30)33-25/h5-7,9-10,12-13,15-16,19,22-23,25,29,31H,8,11,14,17H2,1-4H3/b6-5+,10-9+,18-7+/t19-,22+,23+,25+,26+/m0/s1. The lowest BCUT2D eigenvalue weighted by Gasteiger charge is -2.32. The van der Waals surface area contributed by atoms with Crippen molar-refractivity contribution in [3.8, 4) is 0 Å². The lowest BCUT2D eigenvalue weighted by atomic mass is 9.88. The molecule has 0 radical (unpaired) electrons. The minimum atomic E-state index is -1.39. The fourth-order valence-corrected chi connectivity index (χ4v) is 3.67. The van der Waals surface area contributed by atoms with Crippen LogP contribution in [-0.2, 0) is 25.5 Å². The Hall–Kier alpha value is -2.77. The van der Waals surface area contributed by atoms with Crippen LogP contribution in [0, 0.1) is 5.92 Å². The zero-order chi connectivity index (χ0) is 24.4. The fraction of sp³-hybridized carbons (Fsp3) is 0.500. The molecule has 1 aliphatic rings. The molecule has 5 atom stereocenters. The van der Waals surface area contributed by atoms with Crippen molar-refractivity contribution in [1.29, 1.82) is 0 Å². The van der Waals surface area contributed by atoms with E-state index < -0.39 is 35.9 Å². The quantitative estimate of drug-likeness (QED) is 0.396. The van der Waals surface area contributed by atoms with E-state index in [4.69, 9.17) is 9.47 Å². The molecular formula is C26H35NO6. The van der Waals surface area contributed by atoms with Gasteiger partial charge in [0, 0.05) is 25.2 Å². The van der Waals surface area contributed by atoms with Crippen molar-refractivity contribution < 1.29 is 29.3 Å². The Morgan fingerprint density at radius 3 is 2.67 bits per heavy atom. The number of aliphatic hydroxyl groups excluding tert-OH is 1. The molecule has 0 aromatic carbocycles. The molecule has 180 valence electrons. The SMILES string of the molecule is CC(=O)O[C@@H]1/C=C/[C@H](C)[C@@H](/C(C)=C/C=C/Cc2ccncc2)OC(=O)C[C@H](O)CC[C@@]1(C)O. The molecule has 0 unspecified atom stereocenters. The van der Waals surface area contributed by atoms with Crippen LogP contribution in [0.4, 0.5) is 0 Å². The van der Waals surface area contributed by atoms with Crippen molar-refractivity contribution in [3.63, 3.8) is 0 Å². The molecule has 2 heterocycles. The Morgan fingerprint density at radius 1 is 1.30 bits per heavy atom. The van der Waals surface area contributed by atoms with Crippen LogP contribution in [-0.4, -0.2) is 51.0 Å². The van der Waals surface area contributed by atoms with E-state index in [2.05, 4.69) is 4.98 Å². The van der Waals surface area contributed by atoms with Gasteiger partial charge in [-0.2, -0.15) is 0 Å². The molecule has 0 aliphatic carbocycles. The number of carbonyl (C=O) groups excluding carboxylic acids is 2. The number of allylic oxidation sites excluding steroid dienone is 3. The van der Waals surface area contributed by atoms with Gasteiger partial charge in [0.1, 0.15) is 17.8 Å². The monoisotopic (exact) mass is 457 g/mol. The molecule has 2 rings (SSSR count). The lowest BCUT2D eigenvalue weighted by Crippen LogP contribution is -2.42. The fourth-order valence-electron chi connectivity index (χ4n) is 3.67. The molecule has 0 saturated carbocycles. The molecular weight excluding hydrogens is 422 g/mol. The predicted octanol–water partition coefficient (Wildman–Crippen LogP) is 3.46. The minimum absolute atomic E-state index is 0.156. The van der Waals surface area contributed by atoms with Gasteiger partial charge in [-0.05, 0) is 62.5 Å². The van der Waals surface area contributed by atoms with E-state index in [0.29, 0.717) is 0 Å². The van der Waals surface area contributed by atoms with E-state index in [-0.39, 0.29) is 25.2 Å². The highest BCUT2D eigenvalue weighted by Crippen LogP contribution is 2.26. The van der Waals surface area contributed by atoms with Crippen molar-refractivity contribution in [1.82, 2.24) is 4.98 Å². The maximum Gasteiger partial charge on any atom is 0.309 e. The third-order valence-electron chi connectivity index (χ3n) is 5.66. The van der Waals surface area contributed by atoms with Crippen LogP contribution in [0.3, 0.4) is 0 Å². The van der Waals surface area contributed by atoms with E-state index in [1.54, 1.807) is 31.5 Å². The highest BCUT2D eigenvalue weighted by molar-refractivity contribution is 5.70. The first-order valence-corrected chi connectivity index (χ1v) is 11.3. The van der Waals surface area contributed by atoms with Gasteiger partial charge in [-0.1, -0.05) is 31.2 Å². The largest absolute Gasteiger partial charge is 0.457 e. The minimum Gasteiger partial charge on any atom is -0.457 e. The molecule has 7 heteroatoms. The van der Waals surface area contributed by atoms with Crippen molar-refractivity contribution in [2.75, 3.05) is 0 Å². The number of cyclic esters (lactones) is 1. The summed E-state index contributed by atoms with van der Waals surface area (Å²) >= 11 is 0. The van der Waals surface area contributed by atoms with Gasteiger partial charge in [0.2, 0.25) is 0 Å². The number of rotatable bonds is 5. The molecule has 0 fully saturated rings. The summed E-state index contributed by atoms with van der Waals surface area (Å²) in [4.78, 5) is 28.1. The molecule has 0 saturated heterocycles. The zero-order valence-electron chi connectivity index (χ0n) is 19.8. The molecule has 0 amide bonds. The van der Waals surface area contributed by atoms with Gasteiger partial charge < -0.3 is 19.7 Å². The summed E-state index contributed by atoms with van der Waals surface area (Å²) in [6.07, 6.45) is 11.2. The molecule has 0 bridgehead atoms. The Balaban J connectivity index is 2.25. The summed E-state index contributed by atoms with van der Waals surface area (Å²) in [6.45, 7) is 6.60. The van der Waals surface area contributed by atoms with E-state index in [1.165, 1.54) is 6.92 Å². The average molecular weight is 458 g/mol. The van der Waals surface area contributed by atoms with Crippen molar-refractivity contribution in [3.05, 3.63) is 66.0 Å². The first-order chi connectivity index (χ1) is 15.6. The number of aliphatic hydroxyl groups is 2. The second kappa shape index (κ2) is 12.5. The topological polar surface area (TPSA) is 106 Å². The summed E-state index contributed by atoms with van der Waals surface area (Å²) in [5.41, 5.74) is 0.578. The summed E-state index contributed by atoms with van der Waals surface area (Å²) in [7, 11) is 0. The number of aromatic nitrogens is 1. The second-order valence-electron chi connectivity index (χ2n) is 8.84. The molecule has 33 heavy (non-hydrogen) atoms. The third-order valence-corrected chi connectivity index (χ3v) is 5.66. The first kappa shape index (κ1) is 26.5. The van der Waals surface area contributed by atoms with Crippen LogP contribution in [0.5, 0.6) is 0 Å². The summed E-state index contributed by atoms with van der Waals surface area (Å²) in [5, 5.41) is 21.1. The van der Waals surface area contributed by atoms with Gasteiger partial charge in [-0.15, -0.1) is 0 Å². The predicted molar refractivity (Wildman–Crippen MR) is 125 cm³/mol. The normalized spacial score (nSPS) is 30.7. The van der Waals surface area contributed by atoms with E-state index in [0.717, 1.165) is 17.6 Å². The number of carbonyl (C=O) groups is 2. The number of hydrogen-bond donors (Lipinski definition) is 2. The maximum atomic E-state index is 12.5. The summed E-state index contributed by atoms with van der Waals surface area (Å²) in [5.74, 6) is -1.27. The molecule has 2 N–H and O–H groups in total. The highest BCUT2D eigenvalue weighted by atomic mass is 16.6. The number of esters is 2. The van der Waals surface area contributed by atoms with Gasteiger partial charge in [-0.3, -0.25) is 14.6 Å². The van der Waals surface area contributed by atoms with E-state index >= 15 is 0 Å². The van der Waals surface area contributed by atoms with Gasteiger partial charge in [-0.25, -0.2) is 0 Å². The number of nitrogens with zero attached hydrogens (tertiary/aromatic N) is 1. The van der Waals surface area contributed by atoms with Crippen LogP contribution >= 0.6 is 0 Å². The maximum absolute atomic E-state index is 12.5. The Labute approximate surface area is 195 Å².